The van der Waals surface area contributed by atoms with Gasteiger partial charge in [-0.15, -0.1) is 0 Å². The Hall–Kier alpha value is -1.09. The number of ether oxygens (including phenoxy) is 1. The zero-order valence-corrected chi connectivity index (χ0v) is 8.38. The van der Waals surface area contributed by atoms with Crippen molar-refractivity contribution in [2.45, 2.75) is 13.3 Å². The average Bonchev–Trinajstić information content (AvgIpc) is 2.64. The van der Waals surface area contributed by atoms with Crippen molar-refractivity contribution < 1.29 is 9.53 Å². The van der Waals surface area contributed by atoms with E-state index in [2.05, 4.69) is 11.4 Å². The molecule has 0 aromatic heterocycles. The molecule has 1 fully saturated rings. The first-order valence-electron chi connectivity index (χ1n) is 5.08. The number of fused-ring (bicyclic) bond motifs is 1. The molecule has 3 heteroatoms. The number of carbonyl (C=O) groups excluding carboxylic acids is 1. The Bertz CT molecular complexity index is 304. The molecule has 1 atom stereocenters. The van der Waals surface area contributed by atoms with Gasteiger partial charge in [0.2, 0.25) is 0 Å². The van der Waals surface area contributed by atoms with E-state index < -0.39 is 0 Å². The lowest BCUT2D eigenvalue weighted by molar-refractivity contribution is -0.138. The van der Waals surface area contributed by atoms with Crippen LogP contribution in [0.15, 0.2) is 23.3 Å². The van der Waals surface area contributed by atoms with Crippen LogP contribution in [0.25, 0.3) is 0 Å². The molecule has 1 N–H and O–H groups in total. The molecule has 0 saturated carbocycles. The van der Waals surface area contributed by atoms with E-state index in [0.717, 1.165) is 25.1 Å². The molecule has 0 bridgehead atoms. The van der Waals surface area contributed by atoms with Crippen molar-refractivity contribution in [3.8, 4) is 0 Å². The number of hydrogen-bond acceptors (Lipinski definition) is 3. The molecule has 2 aliphatic rings. The second-order valence-corrected chi connectivity index (χ2v) is 3.69. The highest BCUT2D eigenvalue weighted by Gasteiger charge is 2.26. The molecular weight excluding hydrogens is 178 g/mol. The summed E-state index contributed by atoms with van der Waals surface area (Å²) in [4.78, 5) is 11.4. The van der Waals surface area contributed by atoms with Crippen molar-refractivity contribution in [3.63, 3.8) is 0 Å². The fourth-order valence-corrected chi connectivity index (χ4v) is 1.98. The van der Waals surface area contributed by atoms with Crippen molar-refractivity contribution in [3.05, 3.63) is 23.3 Å². The third-order valence-corrected chi connectivity index (χ3v) is 2.75. The van der Waals surface area contributed by atoms with E-state index in [9.17, 15) is 4.79 Å². The summed E-state index contributed by atoms with van der Waals surface area (Å²) in [6.45, 7) is 4.25. The molecule has 1 aliphatic carbocycles. The highest BCUT2D eigenvalue weighted by Crippen LogP contribution is 2.28. The number of allylic oxidation sites excluding steroid dienone is 2. The summed E-state index contributed by atoms with van der Waals surface area (Å²) in [6, 6.07) is 0. The summed E-state index contributed by atoms with van der Waals surface area (Å²) >= 11 is 0. The molecule has 0 aromatic rings. The van der Waals surface area contributed by atoms with Gasteiger partial charge in [-0.3, -0.25) is 0 Å². The molecule has 76 valence electrons. The molecule has 0 amide bonds. The Morgan fingerprint density at radius 1 is 1.64 bits per heavy atom. The lowest BCUT2D eigenvalue weighted by Gasteiger charge is -2.16. The third kappa shape index (κ3) is 1.73. The van der Waals surface area contributed by atoms with Gasteiger partial charge in [0.25, 0.3) is 0 Å². The standard InChI is InChI=1S/C11H15NO2/c1-2-14-11(13)8-3-4-9-6-12-7-10(9)5-8/h3-4,10,12H,2,5-7H2,1H3. The van der Waals surface area contributed by atoms with E-state index >= 15 is 0 Å². The molecule has 1 unspecified atom stereocenters. The molecule has 0 radical (unpaired) electrons. The first-order valence-corrected chi connectivity index (χ1v) is 5.08. The number of esters is 1. The second-order valence-electron chi connectivity index (χ2n) is 3.69. The van der Waals surface area contributed by atoms with Crippen LogP contribution in [0, 0.1) is 5.92 Å². The smallest absolute Gasteiger partial charge is 0.334 e. The van der Waals surface area contributed by atoms with Crippen molar-refractivity contribution in [1.82, 2.24) is 5.32 Å². The normalized spacial score (nSPS) is 25.1. The zero-order chi connectivity index (χ0) is 9.97. The van der Waals surface area contributed by atoms with Crippen LogP contribution in [0.5, 0.6) is 0 Å². The average molecular weight is 193 g/mol. The maximum absolute atomic E-state index is 11.4. The zero-order valence-electron chi connectivity index (χ0n) is 8.38. The van der Waals surface area contributed by atoms with E-state index in [-0.39, 0.29) is 5.97 Å². The summed E-state index contributed by atoms with van der Waals surface area (Å²) in [5.74, 6) is 0.356. The maximum atomic E-state index is 11.4. The highest BCUT2D eigenvalue weighted by molar-refractivity contribution is 5.89. The van der Waals surface area contributed by atoms with Crippen molar-refractivity contribution >= 4 is 5.97 Å². The molecule has 1 heterocycles. The van der Waals surface area contributed by atoms with Crippen LogP contribution < -0.4 is 5.32 Å². The number of nitrogens with one attached hydrogen (secondary N) is 1. The summed E-state index contributed by atoms with van der Waals surface area (Å²) < 4.78 is 4.97. The predicted octanol–water partition coefficient (Wildman–Crippen LogP) is 1.03. The Balaban J connectivity index is 2.06. The minimum Gasteiger partial charge on any atom is -0.463 e. The van der Waals surface area contributed by atoms with Gasteiger partial charge < -0.3 is 10.1 Å². The predicted molar refractivity (Wildman–Crippen MR) is 53.8 cm³/mol. The van der Waals surface area contributed by atoms with Crippen molar-refractivity contribution in [2.75, 3.05) is 19.7 Å². The molecule has 1 saturated heterocycles. The molecule has 0 aromatic carbocycles. The minimum atomic E-state index is -0.158. The van der Waals surface area contributed by atoms with E-state index in [4.69, 9.17) is 4.74 Å². The van der Waals surface area contributed by atoms with Crippen LogP contribution in [-0.4, -0.2) is 25.7 Å². The quantitative estimate of drug-likeness (QED) is 0.665. The van der Waals surface area contributed by atoms with Gasteiger partial charge in [0.1, 0.15) is 0 Å². The van der Waals surface area contributed by atoms with Gasteiger partial charge in [0.15, 0.2) is 0 Å². The Morgan fingerprint density at radius 3 is 3.29 bits per heavy atom. The summed E-state index contributed by atoms with van der Waals surface area (Å²) in [5, 5.41) is 3.30. The van der Waals surface area contributed by atoms with Crippen LogP contribution >= 0.6 is 0 Å². The lowest BCUT2D eigenvalue weighted by atomic mass is 9.89. The topological polar surface area (TPSA) is 38.3 Å². The first kappa shape index (κ1) is 9.46. The fraction of sp³-hybridized carbons (Fsp3) is 0.545. The van der Waals surface area contributed by atoms with E-state index in [1.54, 1.807) is 0 Å². The minimum absolute atomic E-state index is 0.158. The monoisotopic (exact) mass is 193 g/mol. The lowest BCUT2D eigenvalue weighted by Crippen LogP contribution is -2.16. The van der Waals surface area contributed by atoms with Crippen LogP contribution in [0.3, 0.4) is 0 Å². The van der Waals surface area contributed by atoms with Crippen LogP contribution in [0.2, 0.25) is 0 Å². The number of rotatable bonds is 2. The van der Waals surface area contributed by atoms with Crippen molar-refractivity contribution in [1.29, 1.82) is 0 Å². The number of carbonyl (C=O) groups is 1. The van der Waals surface area contributed by atoms with Gasteiger partial charge in [-0.2, -0.15) is 0 Å². The molecule has 3 nitrogen and oxygen atoms in total. The molecule has 2 rings (SSSR count). The maximum Gasteiger partial charge on any atom is 0.334 e. The van der Waals surface area contributed by atoms with Crippen LogP contribution in [0.4, 0.5) is 0 Å². The van der Waals surface area contributed by atoms with Gasteiger partial charge in [0.05, 0.1) is 6.61 Å². The van der Waals surface area contributed by atoms with Gasteiger partial charge >= 0.3 is 5.97 Å². The third-order valence-electron chi connectivity index (χ3n) is 2.75. The molecule has 14 heavy (non-hydrogen) atoms. The Labute approximate surface area is 83.8 Å². The first-order chi connectivity index (χ1) is 6.81. The SMILES string of the molecule is CCOC(=O)C1=CC=C2CNCC2C1. The van der Waals surface area contributed by atoms with Gasteiger partial charge in [0, 0.05) is 18.7 Å². The molecular formula is C11H15NO2. The largest absolute Gasteiger partial charge is 0.463 e. The van der Waals surface area contributed by atoms with Gasteiger partial charge in [-0.25, -0.2) is 4.79 Å². The second kappa shape index (κ2) is 3.96. The van der Waals surface area contributed by atoms with E-state index in [0.29, 0.717) is 12.5 Å². The molecule has 1 aliphatic heterocycles. The number of hydrogen-bond donors (Lipinski definition) is 1. The van der Waals surface area contributed by atoms with Crippen LogP contribution in [-0.2, 0) is 9.53 Å². The summed E-state index contributed by atoms with van der Waals surface area (Å²) in [7, 11) is 0. The highest BCUT2D eigenvalue weighted by atomic mass is 16.5. The fourth-order valence-electron chi connectivity index (χ4n) is 1.98. The summed E-state index contributed by atoms with van der Waals surface area (Å²) in [6.07, 6.45) is 4.79. The van der Waals surface area contributed by atoms with E-state index in [1.165, 1.54) is 5.57 Å². The van der Waals surface area contributed by atoms with Crippen molar-refractivity contribution in [2.24, 2.45) is 5.92 Å². The van der Waals surface area contributed by atoms with Gasteiger partial charge in [-0.1, -0.05) is 17.7 Å². The van der Waals surface area contributed by atoms with Gasteiger partial charge in [-0.05, 0) is 19.3 Å². The Kier molecular flexibility index (Phi) is 2.68. The van der Waals surface area contributed by atoms with Crippen LogP contribution in [0.1, 0.15) is 13.3 Å². The van der Waals surface area contributed by atoms with E-state index in [1.807, 2.05) is 13.0 Å². The summed E-state index contributed by atoms with van der Waals surface area (Å²) in [5.41, 5.74) is 2.22. The Morgan fingerprint density at radius 2 is 2.50 bits per heavy atom. The molecule has 0 spiro atoms.